The van der Waals surface area contributed by atoms with E-state index in [2.05, 4.69) is 10.3 Å². The average molecular weight is 386 g/mol. The van der Waals surface area contributed by atoms with Crippen LogP contribution in [0.3, 0.4) is 0 Å². The average Bonchev–Trinajstić information content (AvgIpc) is 3.22. The molecule has 2 aromatic heterocycles. The number of hydrogen-bond acceptors (Lipinski definition) is 6. The summed E-state index contributed by atoms with van der Waals surface area (Å²) >= 11 is 0. The fraction of sp³-hybridized carbons (Fsp3) is 0.0714. The number of carbonyl (C=O) groups excluding carboxylic acids is 1. The molecule has 0 amide bonds. The zero-order valence-electron chi connectivity index (χ0n) is 12.6. The molecule has 0 aliphatic carbocycles. The number of nitrogens with zero attached hydrogens (tertiary/aromatic N) is 3. The van der Waals surface area contributed by atoms with Gasteiger partial charge in [-0.15, -0.1) is 5.10 Å². The maximum atomic E-state index is 13.5. The molecule has 12 heteroatoms. The molecule has 0 aliphatic heterocycles. The van der Waals surface area contributed by atoms with E-state index >= 15 is 0 Å². The summed E-state index contributed by atoms with van der Waals surface area (Å²) in [4.78, 5) is 11.9. The van der Waals surface area contributed by atoms with Crippen LogP contribution in [0.4, 0.5) is 13.2 Å². The molecule has 8 nitrogen and oxygen atoms in total. The van der Waals surface area contributed by atoms with E-state index in [1.54, 1.807) is 0 Å². The molecule has 2 N–H and O–H groups in total. The lowest BCUT2D eigenvalue weighted by molar-refractivity contribution is -0.143. The Morgan fingerprint density at radius 2 is 1.81 bits per heavy atom. The summed E-state index contributed by atoms with van der Waals surface area (Å²) in [6, 6.07) is 6.69. The van der Waals surface area contributed by atoms with Gasteiger partial charge in [0.15, 0.2) is 17.1 Å². The van der Waals surface area contributed by atoms with Crippen LogP contribution in [0.1, 0.15) is 21.9 Å². The SMILES string of the molecule is NS(=O)(=O)c1ccc(-n2nnc(C(=O)c3ccco3)c2C(F)(F)F)cc1. The highest BCUT2D eigenvalue weighted by Gasteiger charge is 2.42. The van der Waals surface area contributed by atoms with Crippen LogP contribution in [-0.4, -0.2) is 29.2 Å². The molecule has 1 aromatic carbocycles. The van der Waals surface area contributed by atoms with Crippen LogP contribution in [0.2, 0.25) is 0 Å². The molecule has 0 radical (unpaired) electrons. The van der Waals surface area contributed by atoms with Gasteiger partial charge in [0.1, 0.15) is 0 Å². The summed E-state index contributed by atoms with van der Waals surface area (Å²) in [6.45, 7) is 0. The number of sulfonamides is 1. The normalized spacial score (nSPS) is 12.3. The first-order valence-electron chi connectivity index (χ1n) is 6.83. The van der Waals surface area contributed by atoms with Crippen molar-refractivity contribution in [3.05, 3.63) is 59.8 Å². The van der Waals surface area contributed by atoms with Gasteiger partial charge in [-0.25, -0.2) is 18.2 Å². The summed E-state index contributed by atoms with van der Waals surface area (Å²) in [6.07, 6.45) is -3.82. The van der Waals surface area contributed by atoms with Crippen LogP contribution in [-0.2, 0) is 16.2 Å². The lowest BCUT2D eigenvalue weighted by Gasteiger charge is -2.10. The quantitative estimate of drug-likeness (QED) is 0.682. The van der Waals surface area contributed by atoms with Crippen LogP contribution in [0.15, 0.2) is 52.0 Å². The number of furan rings is 1. The Hall–Kier alpha value is -2.99. The van der Waals surface area contributed by atoms with Gasteiger partial charge in [0, 0.05) is 0 Å². The Kier molecular flexibility index (Phi) is 4.16. The zero-order valence-corrected chi connectivity index (χ0v) is 13.5. The van der Waals surface area contributed by atoms with Gasteiger partial charge in [0.25, 0.3) is 5.78 Å². The standard InChI is InChI=1S/C14H9F3N4O4S/c15-14(16,17)13-11(12(22)10-2-1-7-25-10)19-20-21(13)8-3-5-9(6-4-8)26(18,23)24/h1-7H,(H2,18,23,24). The Balaban J connectivity index is 2.13. The van der Waals surface area contributed by atoms with E-state index in [1.807, 2.05) is 0 Å². The molecule has 0 atom stereocenters. The van der Waals surface area contributed by atoms with Crippen molar-refractivity contribution in [2.24, 2.45) is 5.14 Å². The molecule has 3 aromatic rings. The largest absolute Gasteiger partial charge is 0.461 e. The van der Waals surface area contributed by atoms with Gasteiger partial charge in [-0.2, -0.15) is 13.2 Å². The number of alkyl halides is 3. The molecule has 0 spiro atoms. The minimum atomic E-state index is -4.96. The third kappa shape index (κ3) is 3.23. The predicted octanol–water partition coefficient (Wildman–Crippen LogP) is 1.76. The molecule has 0 saturated carbocycles. The molecule has 0 unspecified atom stereocenters. The van der Waals surface area contributed by atoms with Crippen molar-refractivity contribution in [1.82, 2.24) is 15.0 Å². The monoisotopic (exact) mass is 386 g/mol. The second-order valence-electron chi connectivity index (χ2n) is 5.04. The van der Waals surface area contributed by atoms with Crippen molar-refractivity contribution in [2.45, 2.75) is 11.1 Å². The maximum Gasteiger partial charge on any atom is 0.435 e. The Morgan fingerprint density at radius 3 is 2.31 bits per heavy atom. The maximum absolute atomic E-state index is 13.5. The van der Waals surface area contributed by atoms with Crippen molar-refractivity contribution >= 4 is 15.8 Å². The van der Waals surface area contributed by atoms with E-state index in [4.69, 9.17) is 9.56 Å². The van der Waals surface area contributed by atoms with Crippen LogP contribution < -0.4 is 5.14 Å². The predicted molar refractivity (Wildman–Crippen MR) is 79.9 cm³/mol. The van der Waals surface area contributed by atoms with Gasteiger partial charge >= 0.3 is 6.18 Å². The Bertz CT molecular complexity index is 1050. The Labute approximate surface area is 144 Å². The second-order valence-corrected chi connectivity index (χ2v) is 6.60. The van der Waals surface area contributed by atoms with E-state index in [-0.39, 0.29) is 16.3 Å². The molecule has 0 bridgehead atoms. The van der Waals surface area contributed by atoms with Crippen LogP contribution in [0.5, 0.6) is 0 Å². The van der Waals surface area contributed by atoms with Gasteiger partial charge in [-0.1, -0.05) is 5.21 Å². The summed E-state index contributed by atoms with van der Waals surface area (Å²) in [5.74, 6) is -1.41. The van der Waals surface area contributed by atoms with Crippen LogP contribution in [0, 0.1) is 0 Å². The third-order valence-corrected chi connectivity index (χ3v) is 4.24. The van der Waals surface area contributed by atoms with E-state index in [0.717, 1.165) is 30.5 Å². The van der Waals surface area contributed by atoms with Gasteiger partial charge in [-0.05, 0) is 36.4 Å². The van der Waals surface area contributed by atoms with E-state index in [1.165, 1.54) is 12.1 Å². The third-order valence-electron chi connectivity index (χ3n) is 3.31. The van der Waals surface area contributed by atoms with Crippen molar-refractivity contribution in [3.8, 4) is 5.69 Å². The smallest absolute Gasteiger partial charge is 0.435 e. The summed E-state index contributed by atoms with van der Waals surface area (Å²) in [7, 11) is -4.01. The first-order chi connectivity index (χ1) is 12.1. The van der Waals surface area contributed by atoms with E-state index in [9.17, 15) is 26.4 Å². The van der Waals surface area contributed by atoms with Crippen molar-refractivity contribution in [3.63, 3.8) is 0 Å². The van der Waals surface area contributed by atoms with Crippen molar-refractivity contribution < 1.29 is 30.8 Å². The summed E-state index contributed by atoms with van der Waals surface area (Å²) in [5, 5.41) is 11.7. The molecular formula is C14H9F3N4O4S. The molecule has 0 fully saturated rings. The van der Waals surface area contributed by atoms with Gasteiger partial charge in [0.2, 0.25) is 10.0 Å². The molecule has 0 saturated heterocycles. The number of rotatable bonds is 4. The number of ketones is 1. The molecule has 0 aliphatic rings. The molecule has 3 rings (SSSR count). The molecule has 136 valence electrons. The zero-order chi connectivity index (χ0) is 19.1. The van der Waals surface area contributed by atoms with Crippen LogP contribution in [0.25, 0.3) is 5.69 Å². The van der Waals surface area contributed by atoms with Crippen molar-refractivity contribution in [2.75, 3.05) is 0 Å². The number of carbonyl (C=O) groups is 1. The lowest BCUT2D eigenvalue weighted by Crippen LogP contribution is -2.18. The van der Waals surface area contributed by atoms with Gasteiger partial charge < -0.3 is 4.42 Å². The first-order valence-corrected chi connectivity index (χ1v) is 8.38. The minimum absolute atomic E-state index is 0.157. The summed E-state index contributed by atoms with van der Waals surface area (Å²) in [5.41, 5.74) is -2.51. The minimum Gasteiger partial charge on any atom is -0.461 e. The second kappa shape index (κ2) is 6.07. The molecule has 2 heterocycles. The number of benzene rings is 1. The number of aromatic nitrogens is 3. The highest BCUT2D eigenvalue weighted by Crippen LogP contribution is 2.33. The number of primary sulfonamides is 1. The molecule has 26 heavy (non-hydrogen) atoms. The summed E-state index contributed by atoms with van der Waals surface area (Å²) < 4.78 is 68.2. The number of halogens is 3. The van der Waals surface area contributed by atoms with Crippen molar-refractivity contribution in [1.29, 1.82) is 0 Å². The first kappa shape index (κ1) is 17.8. The van der Waals surface area contributed by atoms with Gasteiger partial charge in [-0.3, -0.25) is 4.79 Å². The highest BCUT2D eigenvalue weighted by molar-refractivity contribution is 7.89. The molecular weight excluding hydrogens is 377 g/mol. The fourth-order valence-corrected chi connectivity index (χ4v) is 2.69. The Morgan fingerprint density at radius 1 is 1.15 bits per heavy atom. The lowest BCUT2D eigenvalue weighted by atomic mass is 10.1. The van der Waals surface area contributed by atoms with Crippen LogP contribution >= 0.6 is 0 Å². The van der Waals surface area contributed by atoms with E-state index in [0.29, 0.717) is 4.68 Å². The topological polar surface area (TPSA) is 121 Å². The number of nitrogens with two attached hydrogens (primary N) is 1. The van der Waals surface area contributed by atoms with Gasteiger partial charge in [0.05, 0.1) is 16.8 Å². The fourth-order valence-electron chi connectivity index (χ4n) is 2.17. The van der Waals surface area contributed by atoms with E-state index < -0.39 is 33.4 Å². The number of hydrogen-bond donors (Lipinski definition) is 1. The highest BCUT2D eigenvalue weighted by atomic mass is 32.2.